The van der Waals surface area contributed by atoms with Gasteiger partial charge in [0.05, 0.1) is 5.56 Å². The Bertz CT molecular complexity index is 652. The fraction of sp³-hybridized carbons (Fsp3) is 0.500. The van der Waals surface area contributed by atoms with Crippen LogP contribution >= 0.6 is 0 Å². The van der Waals surface area contributed by atoms with E-state index in [4.69, 9.17) is 0 Å². The lowest BCUT2D eigenvalue weighted by molar-refractivity contribution is 0.0766. The fourth-order valence-corrected chi connectivity index (χ4v) is 3.82. The van der Waals surface area contributed by atoms with Gasteiger partial charge in [-0.15, -0.1) is 0 Å². The number of hydrogen-bond acceptors (Lipinski definition) is 5. The molecule has 0 radical (unpaired) electrons. The molecule has 2 aromatic heterocycles. The molecule has 0 aliphatic carbocycles. The summed E-state index contributed by atoms with van der Waals surface area (Å²) in [6, 6.07) is 1.14. The quantitative estimate of drug-likeness (QED) is 0.807. The minimum absolute atomic E-state index is 0.122. The molecule has 2 saturated heterocycles. The number of nitrogens with zero attached hydrogens (tertiary/aromatic N) is 5. The second kappa shape index (κ2) is 5.28. The molecule has 22 heavy (non-hydrogen) atoms. The Hall–Kier alpha value is -2.08. The number of carbonyl (C=O) groups excluding carboxylic acids is 1. The van der Waals surface area contributed by atoms with Crippen LogP contribution in [0.3, 0.4) is 0 Å². The van der Waals surface area contributed by atoms with E-state index < -0.39 is 0 Å². The summed E-state index contributed by atoms with van der Waals surface area (Å²) >= 11 is 0. The lowest BCUT2D eigenvalue weighted by Crippen LogP contribution is -2.42. The van der Waals surface area contributed by atoms with Crippen molar-refractivity contribution in [3.8, 4) is 5.95 Å². The molecule has 2 aromatic rings. The van der Waals surface area contributed by atoms with Crippen LogP contribution in [0.4, 0.5) is 0 Å². The third kappa shape index (κ3) is 2.23. The van der Waals surface area contributed by atoms with E-state index in [1.165, 1.54) is 12.8 Å². The summed E-state index contributed by atoms with van der Waals surface area (Å²) in [6.07, 6.45) is 12.8. The van der Waals surface area contributed by atoms with Gasteiger partial charge in [-0.3, -0.25) is 9.36 Å². The first-order valence-electron chi connectivity index (χ1n) is 7.79. The Morgan fingerprint density at radius 2 is 1.86 bits per heavy atom. The highest BCUT2D eigenvalue weighted by Gasteiger charge is 2.41. The summed E-state index contributed by atoms with van der Waals surface area (Å²) < 4.78 is 1.73. The van der Waals surface area contributed by atoms with E-state index in [2.05, 4.69) is 26.9 Å². The Morgan fingerprint density at radius 3 is 2.45 bits per heavy atom. The van der Waals surface area contributed by atoms with E-state index in [0.717, 1.165) is 12.8 Å². The smallest absolute Gasteiger partial charge is 0.234 e. The SMILES string of the molecule is CN1C2CCC1CC(C(=O)c1cnc(-n3ccnc3)nc1)C2. The molecule has 6 nitrogen and oxygen atoms in total. The monoisotopic (exact) mass is 297 g/mol. The molecule has 2 aliphatic rings. The normalized spacial score (nSPS) is 28.0. The number of hydrogen-bond donors (Lipinski definition) is 0. The fourth-order valence-electron chi connectivity index (χ4n) is 3.82. The van der Waals surface area contributed by atoms with Gasteiger partial charge in [-0.25, -0.2) is 15.0 Å². The largest absolute Gasteiger partial charge is 0.300 e. The van der Waals surface area contributed by atoms with E-state index in [0.29, 0.717) is 23.6 Å². The Morgan fingerprint density at radius 1 is 1.18 bits per heavy atom. The van der Waals surface area contributed by atoms with Crippen molar-refractivity contribution in [2.45, 2.75) is 37.8 Å². The topological polar surface area (TPSA) is 63.9 Å². The molecule has 0 amide bonds. The molecule has 0 aromatic carbocycles. The summed E-state index contributed by atoms with van der Waals surface area (Å²) in [5, 5.41) is 0. The first-order chi connectivity index (χ1) is 10.7. The van der Waals surface area contributed by atoms with Crippen molar-refractivity contribution in [1.29, 1.82) is 0 Å². The van der Waals surface area contributed by atoms with Crippen molar-refractivity contribution in [3.05, 3.63) is 36.7 Å². The highest BCUT2D eigenvalue weighted by atomic mass is 16.1. The lowest BCUT2D eigenvalue weighted by Gasteiger charge is -2.35. The predicted octanol–water partition coefficient (Wildman–Crippen LogP) is 1.72. The summed E-state index contributed by atoms with van der Waals surface area (Å²) in [5.74, 6) is 0.857. The zero-order valence-corrected chi connectivity index (χ0v) is 12.6. The summed E-state index contributed by atoms with van der Waals surface area (Å²) in [7, 11) is 2.19. The first-order valence-corrected chi connectivity index (χ1v) is 7.79. The molecule has 0 N–H and O–H groups in total. The minimum Gasteiger partial charge on any atom is -0.300 e. The summed E-state index contributed by atoms with van der Waals surface area (Å²) in [6.45, 7) is 0. The van der Waals surface area contributed by atoms with Gasteiger partial charge in [-0.05, 0) is 32.7 Å². The molecule has 114 valence electrons. The number of rotatable bonds is 3. The average Bonchev–Trinajstić information content (AvgIpc) is 3.13. The Balaban J connectivity index is 1.51. The molecule has 2 unspecified atom stereocenters. The molecule has 0 spiro atoms. The van der Waals surface area contributed by atoms with Crippen molar-refractivity contribution in [2.24, 2.45) is 5.92 Å². The standard InChI is InChI=1S/C16H19N5O/c1-20-13-2-3-14(20)7-11(6-13)15(22)12-8-18-16(19-9-12)21-5-4-17-10-21/h4-5,8-11,13-14H,2-3,6-7H2,1H3. The van der Waals surface area contributed by atoms with E-state index in [9.17, 15) is 4.79 Å². The number of ketones is 1. The van der Waals surface area contributed by atoms with E-state index in [-0.39, 0.29) is 11.7 Å². The first kappa shape index (κ1) is 13.6. The van der Waals surface area contributed by atoms with Gasteiger partial charge in [0.25, 0.3) is 0 Å². The van der Waals surface area contributed by atoms with Crippen LogP contribution in [-0.2, 0) is 0 Å². The maximum atomic E-state index is 12.7. The number of piperidine rings is 1. The van der Waals surface area contributed by atoms with E-state index in [1.54, 1.807) is 35.7 Å². The highest BCUT2D eigenvalue weighted by Crippen LogP contribution is 2.38. The number of aromatic nitrogens is 4. The van der Waals surface area contributed by atoms with Crippen molar-refractivity contribution in [1.82, 2.24) is 24.4 Å². The predicted molar refractivity (Wildman–Crippen MR) is 80.8 cm³/mol. The zero-order valence-electron chi connectivity index (χ0n) is 12.6. The number of carbonyl (C=O) groups is 1. The lowest BCUT2D eigenvalue weighted by atomic mass is 9.86. The summed E-state index contributed by atoms with van der Waals surface area (Å²) in [4.78, 5) is 27.7. The van der Waals surface area contributed by atoms with Gasteiger partial charge in [0.1, 0.15) is 6.33 Å². The van der Waals surface area contributed by atoms with Crippen LogP contribution in [0.1, 0.15) is 36.0 Å². The molecular weight excluding hydrogens is 278 g/mol. The molecule has 6 heteroatoms. The van der Waals surface area contributed by atoms with Gasteiger partial charge in [0.2, 0.25) is 5.95 Å². The van der Waals surface area contributed by atoms with Crippen molar-refractivity contribution in [3.63, 3.8) is 0 Å². The van der Waals surface area contributed by atoms with Gasteiger partial charge in [0, 0.05) is 42.8 Å². The molecule has 2 fully saturated rings. The Kier molecular flexibility index (Phi) is 3.26. The van der Waals surface area contributed by atoms with Crippen LogP contribution in [0.5, 0.6) is 0 Å². The van der Waals surface area contributed by atoms with E-state index in [1.807, 2.05) is 0 Å². The van der Waals surface area contributed by atoms with Gasteiger partial charge in [-0.2, -0.15) is 0 Å². The average molecular weight is 297 g/mol. The molecule has 4 rings (SSSR count). The van der Waals surface area contributed by atoms with Crippen LogP contribution < -0.4 is 0 Å². The van der Waals surface area contributed by atoms with Crippen molar-refractivity contribution >= 4 is 5.78 Å². The minimum atomic E-state index is 0.122. The molecule has 2 aliphatic heterocycles. The zero-order chi connectivity index (χ0) is 15.1. The van der Waals surface area contributed by atoms with Gasteiger partial charge in [0.15, 0.2) is 5.78 Å². The summed E-state index contributed by atoms with van der Waals surface area (Å²) in [5.41, 5.74) is 0.623. The number of Topliss-reactive ketones (excluding diaryl/α,β-unsaturated/α-hetero) is 1. The molecule has 2 bridgehead atoms. The second-order valence-electron chi connectivity index (χ2n) is 6.32. The number of imidazole rings is 1. The van der Waals surface area contributed by atoms with Crippen LogP contribution in [0, 0.1) is 5.92 Å². The van der Waals surface area contributed by atoms with E-state index >= 15 is 0 Å². The van der Waals surface area contributed by atoms with Crippen LogP contribution in [0.2, 0.25) is 0 Å². The van der Waals surface area contributed by atoms with Crippen LogP contribution in [0.15, 0.2) is 31.1 Å². The molecular formula is C16H19N5O. The molecule has 2 atom stereocenters. The third-order valence-corrected chi connectivity index (χ3v) is 5.13. The van der Waals surface area contributed by atoms with Gasteiger partial charge in [-0.1, -0.05) is 0 Å². The maximum Gasteiger partial charge on any atom is 0.234 e. The van der Waals surface area contributed by atoms with Crippen molar-refractivity contribution in [2.75, 3.05) is 7.05 Å². The maximum absolute atomic E-state index is 12.7. The molecule has 0 saturated carbocycles. The highest BCUT2D eigenvalue weighted by molar-refractivity contribution is 5.97. The van der Waals surface area contributed by atoms with Gasteiger partial charge < -0.3 is 4.90 Å². The molecule has 4 heterocycles. The van der Waals surface area contributed by atoms with Crippen LogP contribution in [-0.4, -0.2) is 49.3 Å². The Labute approximate surface area is 129 Å². The van der Waals surface area contributed by atoms with Gasteiger partial charge >= 0.3 is 0 Å². The second-order valence-corrected chi connectivity index (χ2v) is 6.32. The third-order valence-electron chi connectivity index (χ3n) is 5.13. The van der Waals surface area contributed by atoms with Crippen molar-refractivity contribution < 1.29 is 4.79 Å². The van der Waals surface area contributed by atoms with Crippen LogP contribution in [0.25, 0.3) is 5.95 Å². The number of fused-ring (bicyclic) bond motifs is 2.